The number of fused-ring (bicyclic) bond motifs is 1. The number of phenols is 1. The fraction of sp³-hybridized carbons (Fsp3) is 0.0833. The third-order valence-corrected chi connectivity index (χ3v) is 2.73. The number of nitrogens with zero attached hydrogens (tertiary/aromatic N) is 4. The summed E-state index contributed by atoms with van der Waals surface area (Å²) < 4.78 is 1.76. The Morgan fingerprint density at radius 3 is 2.83 bits per heavy atom. The first-order valence-corrected chi connectivity index (χ1v) is 5.41. The highest BCUT2D eigenvalue weighted by molar-refractivity contribution is 5.66. The standard InChI is InChI=1S/C12H11N5O/c1-7-4-11-15-16-12(17(11)6-14-7)8-2-3-9(13)10(18)5-8/h2-6,18H,13H2,1H3. The largest absolute Gasteiger partial charge is 0.506 e. The van der Waals surface area contributed by atoms with Gasteiger partial charge in [0.2, 0.25) is 0 Å². The zero-order chi connectivity index (χ0) is 12.7. The Labute approximate surface area is 103 Å². The number of phenolic OH excluding ortho intramolecular Hbond substituents is 1. The second-order valence-corrected chi connectivity index (χ2v) is 4.06. The Morgan fingerprint density at radius 1 is 1.22 bits per heavy atom. The highest BCUT2D eigenvalue weighted by atomic mass is 16.3. The van der Waals surface area contributed by atoms with Gasteiger partial charge in [0.25, 0.3) is 0 Å². The van der Waals surface area contributed by atoms with Crippen LogP contribution in [0, 0.1) is 6.92 Å². The molecule has 0 saturated heterocycles. The number of rotatable bonds is 1. The molecule has 1 aromatic carbocycles. The van der Waals surface area contributed by atoms with Crippen LogP contribution in [0.1, 0.15) is 5.69 Å². The zero-order valence-electron chi connectivity index (χ0n) is 9.70. The maximum atomic E-state index is 9.62. The molecule has 0 saturated carbocycles. The second-order valence-electron chi connectivity index (χ2n) is 4.06. The molecule has 2 aromatic heterocycles. The molecule has 2 heterocycles. The molecule has 3 aromatic rings. The molecular weight excluding hydrogens is 230 g/mol. The van der Waals surface area contributed by atoms with Crippen LogP contribution in [-0.4, -0.2) is 24.7 Å². The molecule has 0 bridgehead atoms. The van der Waals surface area contributed by atoms with Gasteiger partial charge in [0.15, 0.2) is 11.5 Å². The van der Waals surface area contributed by atoms with E-state index in [-0.39, 0.29) is 5.75 Å². The molecule has 0 aliphatic carbocycles. The van der Waals surface area contributed by atoms with Crippen molar-refractivity contribution in [3.63, 3.8) is 0 Å². The summed E-state index contributed by atoms with van der Waals surface area (Å²) in [7, 11) is 0. The molecule has 0 radical (unpaired) electrons. The minimum absolute atomic E-state index is 0.0318. The van der Waals surface area contributed by atoms with Crippen LogP contribution in [0.4, 0.5) is 5.69 Å². The van der Waals surface area contributed by atoms with Gasteiger partial charge in [0.1, 0.15) is 12.1 Å². The van der Waals surface area contributed by atoms with Crippen molar-refractivity contribution >= 4 is 11.3 Å². The highest BCUT2D eigenvalue weighted by Crippen LogP contribution is 2.26. The number of benzene rings is 1. The van der Waals surface area contributed by atoms with E-state index in [0.29, 0.717) is 17.2 Å². The van der Waals surface area contributed by atoms with Crippen LogP contribution >= 0.6 is 0 Å². The van der Waals surface area contributed by atoms with E-state index in [1.165, 1.54) is 0 Å². The molecule has 6 nitrogen and oxygen atoms in total. The van der Waals surface area contributed by atoms with Crippen molar-refractivity contribution in [2.75, 3.05) is 5.73 Å². The van der Waals surface area contributed by atoms with E-state index < -0.39 is 0 Å². The Bertz CT molecular complexity index is 734. The lowest BCUT2D eigenvalue weighted by Gasteiger charge is -2.02. The van der Waals surface area contributed by atoms with E-state index in [2.05, 4.69) is 15.2 Å². The quantitative estimate of drug-likeness (QED) is 0.496. The fourth-order valence-electron chi connectivity index (χ4n) is 1.77. The average Bonchev–Trinajstić information content (AvgIpc) is 2.75. The van der Waals surface area contributed by atoms with E-state index in [1.54, 1.807) is 28.9 Å². The normalized spacial score (nSPS) is 10.9. The van der Waals surface area contributed by atoms with Crippen molar-refractivity contribution in [3.05, 3.63) is 36.3 Å². The first-order valence-electron chi connectivity index (χ1n) is 5.41. The lowest BCUT2D eigenvalue weighted by molar-refractivity contribution is 0.478. The molecule has 3 N–H and O–H groups in total. The summed E-state index contributed by atoms with van der Waals surface area (Å²) in [6.07, 6.45) is 1.66. The first kappa shape index (κ1) is 10.5. The summed E-state index contributed by atoms with van der Waals surface area (Å²) in [6.45, 7) is 1.89. The number of hydrogen-bond acceptors (Lipinski definition) is 5. The van der Waals surface area contributed by atoms with Crippen LogP contribution in [0.2, 0.25) is 0 Å². The van der Waals surface area contributed by atoms with Crippen LogP contribution in [0.5, 0.6) is 5.75 Å². The van der Waals surface area contributed by atoms with Crippen molar-refractivity contribution in [3.8, 4) is 17.1 Å². The van der Waals surface area contributed by atoms with Gasteiger partial charge in [0, 0.05) is 17.3 Å². The number of nitrogens with two attached hydrogens (primary N) is 1. The minimum atomic E-state index is 0.0318. The van der Waals surface area contributed by atoms with Crippen molar-refractivity contribution < 1.29 is 5.11 Å². The van der Waals surface area contributed by atoms with Gasteiger partial charge in [-0.25, -0.2) is 4.98 Å². The summed E-state index contributed by atoms with van der Waals surface area (Å²) in [4.78, 5) is 4.20. The average molecular weight is 241 g/mol. The summed E-state index contributed by atoms with van der Waals surface area (Å²) in [6, 6.07) is 6.82. The third-order valence-electron chi connectivity index (χ3n) is 2.73. The van der Waals surface area contributed by atoms with Gasteiger partial charge >= 0.3 is 0 Å². The van der Waals surface area contributed by atoms with Gasteiger partial charge in [-0.2, -0.15) is 0 Å². The van der Waals surface area contributed by atoms with Gasteiger partial charge in [-0.3, -0.25) is 4.40 Å². The molecule has 0 atom stereocenters. The van der Waals surface area contributed by atoms with E-state index in [0.717, 1.165) is 11.3 Å². The van der Waals surface area contributed by atoms with Crippen LogP contribution < -0.4 is 5.73 Å². The Hall–Kier alpha value is -2.63. The zero-order valence-corrected chi connectivity index (χ0v) is 9.70. The van der Waals surface area contributed by atoms with Crippen molar-refractivity contribution in [2.24, 2.45) is 0 Å². The van der Waals surface area contributed by atoms with Gasteiger partial charge < -0.3 is 10.8 Å². The highest BCUT2D eigenvalue weighted by Gasteiger charge is 2.09. The lowest BCUT2D eigenvalue weighted by atomic mass is 10.2. The maximum absolute atomic E-state index is 9.62. The molecule has 0 unspecified atom stereocenters. The van der Waals surface area contributed by atoms with Gasteiger partial charge in [-0.1, -0.05) is 0 Å². The Kier molecular flexibility index (Phi) is 2.16. The third kappa shape index (κ3) is 1.55. The number of nitrogen functional groups attached to an aromatic ring is 1. The summed E-state index contributed by atoms with van der Waals surface area (Å²) in [5.74, 6) is 0.650. The monoisotopic (exact) mass is 241 g/mol. The van der Waals surface area contributed by atoms with E-state index in [9.17, 15) is 5.11 Å². The topological polar surface area (TPSA) is 89.3 Å². The molecule has 3 rings (SSSR count). The Morgan fingerprint density at radius 2 is 2.06 bits per heavy atom. The SMILES string of the molecule is Cc1cc2nnc(-c3ccc(N)c(O)c3)n2cn1. The number of aromatic nitrogens is 4. The van der Waals surface area contributed by atoms with Crippen LogP contribution in [0.25, 0.3) is 17.0 Å². The number of aryl methyl sites for hydroxylation is 1. The molecule has 0 fully saturated rings. The Balaban J connectivity index is 2.22. The molecule has 0 aliphatic heterocycles. The molecule has 6 heteroatoms. The van der Waals surface area contributed by atoms with Crippen molar-refractivity contribution in [1.82, 2.24) is 19.6 Å². The van der Waals surface area contributed by atoms with Gasteiger partial charge in [-0.15, -0.1) is 10.2 Å². The van der Waals surface area contributed by atoms with E-state index in [4.69, 9.17) is 5.73 Å². The predicted molar refractivity (Wildman–Crippen MR) is 67.0 cm³/mol. The summed E-state index contributed by atoms with van der Waals surface area (Å²) in [5.41, 5.74) is 8.23. The van der Waals surface area contributed by atoms with Crippen LogP contribution in [0.3, 0.4) is 0 Å². The maximum Gasteiger partial charge on any atom is 0.169 e. The van der Waals surface area contributed by atoms with Gasteiger partial charge in [-0.05, 0) is 25.1 Å². The summed E-state index contributed by atoms with van der Waals surface area (Å²) in [5, 5.41) is 17.8. The van der Waals surface area contributed by atoms with Crippen molar-refractivity contribution in [2.45, 2.75) is 6.92 Å². The number of hydrogen-bond donors (Lipinski definition) is 2. The first-order chi connectivity index (χ1) is 8.65. The van der Waals surface area contributed by atoms with Crippen LogP contribution in [0.15, 0.2) is 30.6 Å². The number of anilines is 1. The predicted octanol–water partition coefficient (Wildman–Crippen LogP) is 1.39. The molecule has 90 valence electrons. The van der Waals surface area contributed by atoms with E-state index in [1.807, 2.05) is 13.0 Å². The molecule has 0 spiro atoms. The minimum Gasteiger partial charge on any atom is -0.506 e. The number of aromatic hydroxyl groups is 1. The van der Waals surface area contributed by atoms with Gasteiger partial charge in [0.05, 0.1) is 5.69 Å². The van der Waals surface area contributed by atoms with Crippen LogP contribution in [-0.2, 0) is 0 Å². The van der Waals surface area contributed by atoms with E-state index >= 15 is 0 Å². The van der Waals surface area contributed by atoms with Crippen molar-refractivity contribution in [1.29, 1.82) is 0 Å². The molecule has 0 aliphatic rings. The smallest absolute Gasteiger partial charge is 0.169 e. The lowest BCUT2D eigenvalue weighted by Crippen LogP contribution is -1.93. The fourth-order valence-corrected chi connectivity index (χ4v) is 1.77. The molecular formula is C12H11N5O. The summed E-state index contributed by atoms with van der Waals surface area (Å²) >= 11 is 0. The molecule has 18 heavy (non-hydrogen) atoms. The second kappa shape index (κ2) is 3.69. The molecule has 0 amide bonds.